The lowest BCUT2D eigenvalue weighted by molar-refractivity contribution is 0.590. The van der Waals surface area contributed by atoms with Crippen LogP contribution in [-0.4, -0.2) is 6.04 Å². The summed E-state index contributed by atoms with van der Waals surface area (Å²) in [5.74, 6) is 0. The number of allylic oxidation sites excluding steroid dienone is 2. The van der Waals surface area contributed by atoms with Crippen molar-refractivity contribution in [2.45, 2.75) is 39.2 Å². The van der Waals surface area contributed by atoms with Crippen molar-refractivity contribution in [2.24, 2.45) is 5.73 Å². The summed E-state index contributed by atoms with van der Waals surface area (Å²) in [5, 5.41) is 0. The lowest BCUT2D eigenvalue weighted by Gasteiger charge is -2.19. The van der Waals surface area contributed by atoms with Gasteiger partial charge in [-0.05, 0) is 29.0 Å². The zero-order chi connectivity index (χ0) is 13.1. The number of hydrogen-bond donors (Lipinski definition) is 1. The SMILES string of the molecule is C=C/C(=C\C(C)N)c1ccc(C(C)(C)C)cc1. The Morgan fingerprint density at radius 1 is 1.24 bits per heavy atom. The van der Waals surface area contributed by atoms with Crippen LogP contribution < -0.4 is 5.73 Å². The van der Waals surface area contributed by atoms with Gasteiger partial charge in [-0.25, -0.2) is 0 Å². The summed E-state index contributed by atoms with van der Waals surface area (Å²) in [6, 6.07) is 8.67. The molecule has 2 N–H and O–H groups in total. The molecule has 0 spiro atoms. The molecule has 0 heterocycles. The highest BCUT2D eigenvalue weighted by Crippen LogP contribution is 2.24. The fourth-order valence-corrected chi connectivity index (χ4v) is 1.73. The van der Waals surface area contributed by atoms with Crippen molar-refractivity contribution < 1.29 is 0 Å². The summed E-state index contributed by atoms with van der Waals surface area (Å²) in [6.07, 6.45) is 3.88. The first kappa shape index (κ1) is 13.7. The van der Waals surface area contributed by atoms with Crippen molar-refractivity contribution in [3.63, 3.8) is 0 Å². The zero-order valence-corrected chi connectivity index (χ0v) is 11.3. The van der Waals surface area contributed by atoms with Crippen molar-refractivity contribution >= 4 is 5.57 Å². The Labute approximate surface area is 105 Å². The van der Waals surface area contributed by atoms with Gasteiger partial charge in [0.2, 0.25) is 0 Å². The van der Waals surface area contributed by atoms with Crippen LogP contribution in [0.15, 0.2) is 43.0 Å². The van der Waals surface area contributed by atoms with Gasteiger partial charge in [0.05, 0.1) is 0 Å². The number of hydrogen-bond acceptors (Lipinski definition) is 1. The van der Waals surface area contributed by atoms with Gasteiger partial charge in [0.15, 0.2) is 0 Å². The molecule has 1 nitrogen and oxygen atoms in total. The molecule has 0 aliphatic carbocycles. The average molecular weight is 229 g/mol. The second-order valence-electron chi connectivity index (χ2n) is 5.51. The van der Waals surface area contributed by atoms with Gasteiger partial charge in [0.1, 0.15) is 0 Å². The Kier molecular flexibility index (Phi) is 4.30. The average Bonchev–Trinajstić information content (AvgIpc) is 2.24. The third-order valence-corrected chi connectivity index (χ3v) is 2.75. The predicted octanol–water partition coefficient (Wildman–Crippen LogP) is 3.90. The van der Waals surface area contributed by atoms with Crippen LogP contribution in [0.2, 0.25) is 0 Å². The minimum absolute atomic E-state index is 0.0466. The molecule has 1 heteroatoms. The van der Waals surface area contributed by atoms with Gasteiger partial charge in [-0.3, -0.25) is 0 Å². The predicted molar refractivity (Wildman–Crippen MR) is 77.0 cm³/mol. The second kappa shape index (κ2) is 5.33. The van der Waals surface area contributed by atoms with Gasteiger partial charge in [-0.15, -0.1) is 0 Å². The summed E-state index contributed by atoms with van der Waals surface area (Å²) in [5.41, 5.74) is 9.58. The fourth-order valence-electron chi connectivity index (χ4n) is 1.73. The lowest BCUT2D eigenvalue weighted by Crippen LogP contribution is -2.12. The smallest absolute Gasteiger partial charge is 0.0203 e. The molecule has 1 atom stereocenters. The van der Waals surface area contributed by atoms with Gasteiger partial charge < -0.3 is 5.73 Å². The molecule has 0 aliphatic rings. The second-order valence-corrected chi connectivity index (χ2v) is 5.51. The number of nitrogens with two attached hydrogens (primary N) is 1. The van der Waals surface area contributed by atoms with Crippen molar-refractivity contribution in [2.75, 3.05) is 0 Å². The Balaban J connectivity index is 3.06. The van der Waals surface area contributed by atoms with E-state index in [0.717, 1.165) is 5.57 Å². The minimum atomic E-state index is 0.0466. The van der Waals surface area contributed by atoms with E-state index in [-0.39, 0.29) is 11.5 Å². The maximum atomic E-state index is 5.78. The molecular formula is C16H23N. The van der Waals surface area contributed by atoms with Gasteiger partial charge >= 0.3 is 0 Å². The minimum Gasteiger partial charge on any atom is -0.325 e. The van der Waals surface area contributed by atoms with Crippen LogP contribution in [0.1, 0.15) is 38.8 Å². The summed E-state index contributed by atoms with van der Waals surface area (Å²) in [7, 11) is 0. The van der Waals surface area contributed by atoms with E-state index in [1.807, 2.05) is 19.1 Å². The van der Waals surface area contributed by atoms with Gasteiger partial charge in [0, 0.05) is 6.04 Å². The quantitative estimate of drug-likeness (QED) is 0.782. The van der Waals surface area contributed by atoms with Crippen LogP contribution in [0, 0.1) is 0 Å². The van der Waals surface area contributed by atoms with E-state index in [4.69, 9.17) is 5.73 Å². The van der Waals surface area contributed by atoms with Gasteiger partial charge in [0.25, 0.3) is 0 Å². The fraction of sp³-hybridized carbons (Fsp3) is 0.375. The Morgan fingerprint density at radius 2 is 1.76 bits per heavy atom. The molecule has 0 radical (unpaired) electrons. The Hall–Kier alpha value is -1.34. The molecular weight excluding hydrogens is 206 g/mol. The third kappa shape index (κ3) is 3.86. The molecule has 17 heavy (non-hydrogen) atoms. The monoisotopic (exact) mass is 229 g/mol. The lowest BCUT2D eigenvalue weighted by atomic mass is 9.86. The van der Waals surface area contributed by atoms with E-state index in [1.54, 1.807) is 0 Å². The molecule has 1 rings (SSSR count). The van der Waals surface area contributed by atoms with E-state index in [1.165, 1.54) is 11.1 Å². The summed E-state index contributed by atoms with van der Waals surface area (Å²) in [4.78, 5) is 0. The van der Waals surface area contributed by atoms with E-state index < -0.39 is 0 Å². The van der Waals surface area contributed by atoms with Gasteiger partial charge in [-0.2, -0.15) is 0 Å². The molecule has 0 aromatic heterocycles. The number of rotatable bonds is 3. The first-order valence-electron chi connectivity index (χ1n) is 6.05. The largest absolute Gasteiger partial charge is 0.325 e. The maximum absolute atomic E-state index is 5.78. The van der Waals surface area contributed by atoms with Crippen molar-refractivity contribution in [1.82, 2.24) is 0 Å². The van der Waals surface area contributed by atoms with Crippen LogP contribution in [0.4, 0.5) is 0 Å². The topological polar surface area (TPSA) is 26.0 Å². The van der Waals surface area contributed by atoms with Crippen LogP contribution in [0.25, 0.3) is 5.57 Å². The summed E-state index contributed by atoms with van der Waals surface area (Å²) in [6.45, 7) is 12.5. The van der Waals surface area contributed by atoms with Crippen molar-refractivity contribution in [3.05, 3.63) is 54.1 Å². The molecule has 0 amide bonds. The molecule has 1 unspecified atom stereocenters. The van der Waals surface area contributed by atoms with Crippen LogP contribution in [0.3, 0.4) is 0 Å². The first-order valence-corrected chi connectivity index (χ1v) is 6.05. The highest BCUT2D eigenvalue weighted by atomic mass is 14.6. The molecule has 92 valence electrons. The van der Waals surface area contributed by atoms with Crippen molar-refractivity contribution in [3.8, 4) is 0 Å². The summed E-state index contributed by atoms with van der Waals surface area (Å²) >= 11 is 0. The van der Waals surface area contributed by atoms with Crippen LogP contribution in [-0.2, 0) is 5.41 Å². The highest BCUT2D eigenvalue weighted by molar-refractivity contribution is 5.74. The molecule has 0 aliphatic heterocycles. The highest BCUT2D eigenvalue weighted by Gasteiger charge is 2.13. The van der Waals surface area contributed by atoms with E-state index in [2.05, 4.69) is 51.6 Å². The van der Waals surface area contributed by atoms with Gasteiger partial charge in [-0.1, -0.05) is 63.8 Å². The standard InChI is InChI=1S/C16H23N/c1-6-13(11-12(2)17)14-7-9-15(10-8-14)16(3,4)5/h6-12H,1,17H2,2-5H3/b13-11+. The molecule has 0 bridgehead atoms. The Morgan fingerprint density at radius 3 is 2.12 bits per heavy atom. The molecule has 1 aromatic carbocycles. The first-order chi connectivity index (χ1) is 7.84. The normalized spacial score (nSPS) is 14.5. The molecule has 0 saturated carbocycles. The summed E-state index contributed by atoms with van der Waals surface area (Å²) < 4.78 is 0. The Bertz CT molecular complexity index is 402. The zero-order valence-electron chi connectivity index (χ0n) is 11.3. The third-order valence-electron chi connectivity index (χ3n) is 2.75. The molecule has 1 aromatic rings. The van der Waals surface area contributed by atoms with E-state index in [0.29, 0.717) is 0 Å². The maximum Gasteiger partial charge on any atom is 0.0203 e. The van der Waals surface area contributed by atoms with E-state index >= 15 is 0 Å². The van der Waals surface area contributed by atoms with Crippen LogP contribution >= 0.6 is 0 Å². The van der Waals surface area contributed by atoms with Crippen molar-refractivity contribution in [1.29, 1.82) is 0 Å². The van der Waals surface area contributed by atoms with Crippen LogP contribution in [0.5, 0.6) is 0 Å². The van der Waals surface area contributed by atoms with E-state index in [9.17, 15) is 0 Å². The molecule has 0 saturated heterocycles. The number of benzene rings is 1. The molecule has 0 fully saturated rings.